The van der Waals surface area contributed by atoms with Crippen LogP contribution >= 0.6 is 0 Å². The molecule has 0 aromatic heterocycles. The highest BCUT2D eigenvalue weighted by molar-refractivity contribution is 5.89. The van der Waals surface area contributed by atoms with Gasteiger partial charge in [-0.2, -0.15) is 0 Å². The first-order valence-electron chi connectivity index (χ1n) is 6.65. The van der Waals surface area contributed by atoms with Crippen LogP contribution in [0.25, 0.3) is 0 Å². The molecule has 0 spiro atoms. The van der Waals surface area contributed by atoms with Crippen LogP contribution in [0.4, 0.5) is 4.79 Å². The lowest BCUT2D eigenvalue weighted by Gasteiger charge is -2.37. The van der Waals surface area contributed by atoms with Crippen molar-refractivity contribution in [3.63, 3.8) is 0 Å². The highest BCUT2D eigenvalue weighted by atomic mass is 16.4. The maximum Gasteiger partial charge on any atom is 0.329 e. The second-order valence-electron chi connectivity index (χ2n) is 5.60. The topological polar surface area (TPSA) is 72.9 Å². The largest absolute Gasteiger partial charge is 0.480 e. The van der Waals surface area contributed by atoms with Crippen LogP contribution in [0.1, 0.15) is 25.7 Å². The summed E-state index contributed by atoms with van der Waals surface area (Å²) in [6.45, 7) is 3.50. The number of aliphatic carboxylic acids is 1. The van der Waals surface area contributed by atoms with Gasteiger partial charge in [0.05, 0.1) is 0 Å². The van der Waals surface area contributed by atoms with Crippen molar-refractivity contribution in [1.82, 2.24) is 15.1 Å². The molecule has 1 aliphatic carbocycles. The average Bonchev–Trinajstić information content (AvgIpc) is 2.98. The van der Waals surface area contributed by atoms with E-state index in [1.165, 1.54) is 6.42 Å². The Bertz CT molecular complexity index is 381. The minimum Gasteiger partial charge on any atom is -0.480 e. The molecule has 1 atom stereocenters. The van der Waals surface area contributed by atoms with E-state index in [2.05, 4.69) is 10.2 Å². The number of carbonyl (C=O) groups excluding carboxylic acids is 1. The van der Waals surface area contributed by atoms with E-state index in [1.54, 1.807) is 4.90 Å². The second-order valence-corrected chi connectivity index (χ2v) is 5.60. The zero-order valence-electron chi connectivity index (χ0n) is 10.4. The number of urea groups is 1. The number of carboxylic acids is 1. The lowest BCUT2D eigenvalue weighted by Crippen LogP contribution is -2.57. The number of hydrogen-bond acceptors (Lipinski definition) is 3. The number of carbonyl (C=O) groups is 2. The van der Waals surface area contributed by atoms with Gasteiger partial charge < -0.3 is 15.3 Å². The molecule has 2 amide bonds. The van der Waals surface area contributed by atoms with Gasteiger partial charge in [0.1, 0.15) is 5.54 Å². The van der Waals surface area contributed by atoms with Gasteiger partial charge in [0.2, 0.25) is 0 Å². The molecular weight excluding hydrogens is 234 g/mol. The van der Waals surface area contributed by atoms with Crippen molar-refractivity contribution in [2.45, 2.75) is 37.3 Å². The van der Waals surface area contributed by atoms with E-state index in [1.807, 2.05) is 0 Å². The summed E-state index contributed by atoms with van der Waals surface area (Å²) < 4.78 is 0. The molecule has 0 aromatic rings. The van der Waals surface area contributed by atoms with Gasteiger partial charge in [-0.15, -0.1) is 0 Å². The molecule has 6 heteroatoms. The highest BCUT2D eigenvalue weighted by Crippen LogP contribution is 2.35. The van der Waals surface area contributed by atoms with E-state index in [9.17, 15) is 9.59 Å². The molecule has 1 saturated carbocycles. The van der Waals surface area contributed by atoms with E-state index in [0.717, 1.165) is 26.1 Å². The van der Waals surface area contributed by atoms with E-state index in [-0.39, 0.29) is 6.03 Å². The summed E-state index contributed by atoms with van der Waals surface area (Å²) in [5.41, 5.74) is -0.968. The Labute approximate surface area is 106 Å². The summed E-state index contributed by atoms with van der Waals surface area (Å²) in [5, 5.41) is 11.7. The molecule has 3 fully saturated rings. The molecule has 2 N–H and O–H groups in total. The summed E-state index contributed by atoms with van der Waals surface area (Å²) in [6, 6.07) is 0.269. The maximum absolute atomic E-state index is 12.1. The van der Waals surface area contributed by atoms with E-state index < -0.39 is 11.5 Å². The van der Waals surface area contributed by atoms with Gasteiger partial charge in [-0.25, -0.2) is 9.59 Å². The molecular formula is C12H19N3O3. The standard InChI is InChI=1S/C12H19N3O3/c16-10(17)12(3-4-12)13-11(18)15-7-6-14-5-1-2-9(14)8-15/h9H,1-8H2,(H,13,18)(H,16,17). The van der Waals surface area contributed by atoms with Gasteiger partial charge in [0.15, 0.2) is 0 Å². The van der Waals surface area contributed by atoms with Gasteiger partial charge >= 0.3 is 12.0 Å². The third kappa shape index (κ3) is 1.94. The van der Waals surface area contributed by atoms with Gasteiger partial charge in [-0.1, -0.05) is 0 Å². The Morgan fingerprint density at radius 2 is 2.00 bits per heavy atom. The summed E-state index contributed by atoms with van der Waals surface area (Å²) in [4.78, 5) is 27.3. The van der Waals surface area contributed by atoms with Crippen LogP contribution in [0.15, 0.2) is 0 Å². The molecule has 100 valence electrons. The van der Waals surface area contributed by atoms with E-state index in [0.29, 0.717) is 25.4 Å². The van der Waals surface area contributed by atoms with Crippen molar-refractivity contribution in [3.05, 3.63) is 0 Å². The predicted molar refractivity (Wildman–Crippen MR) is 64.3 cm³/mol. The van der Waals surface area contributed by atoms with Crippen LogP contribution in [-0.4, -0.2) is 64.7 Å². The number of nitrogens with one attached hydrogen (secondary N) is 1. The molecule has 2 saturated heterocycles. The van der Waals surface area contributed by atoms with Crippen molar-refractivity contribution < 1.29 is 14.7 Å². The van der Waals surface area contributed by atoms with Gasteiger partial charge in [0.25, 0.3) is 0 Å². The molecule has 3 aliphatic rings. The fourth-order valence-electron chi connectivity index (χ4n) is 2.98. The van der Waals surface area contributed by atoms with Crippen molar-refractivity contribution in [2.75, 3.05) is 26.2 Å². The first-order valence-corrected chi connectivity index (χ1v) is 6.65. The number of nitrogens with zero attached hydrogens (tertiary/aromatic N) is 2. The van der Waals surface area contributed by atoms with Crippen molar-refractivity contribution in [1.29, 1.82) is 0 Å². The molecule has 0 aromatic carbocycles. The Balaban J connectivity index is 1.58. The van der Waals surface area contributed by atoms with Gasteiger partial charge in [-0.3, -0.25) is 4.90 Å². The molecule has 0 radical (unpaired) electrons. The van der Waals surface area contributed by atoms with Crippen molar-refractivity contribution >= 4 is 12.0 Å². The number of fused-ring (bicyclic) bond motifs is 1. The monoisotopic (exact) mass is 253 g/mol. The quantitative estimate of drug-likeness (QED) is 0.731. The third-order valence-corrected chi connectivity index (χ3v) is 4.38. The number of piperazine rings is 1. The van der Waals surface area contributed by atoms with Crippen molar-refractivity contribution in [2.24, 2.45) is 0 Å². The SMILES string of the molecule is O=C(NC1(C(=O)O)CC1)N1CCN2CCCC2C1. The first-order chi connectivity index (χ1) is 8.61. The summed E-state index contributed by atoms with van der Waals surface area (Å²) in [5.74, 6) is -0.907. The lowest BCUT2D eigenvalue weighted by atomic mass is 10.1. The number of rotatable bonds is 2. The first kappa shape index (κ1) is 11.8. The minimum absolute atomic E-state index is 0.207. The van der Waals surface area contributed by atoms with Gasteiger partial charge in [-0.05, 0) is 32.2 Å². The number of amides is 2. The third-order valence-electron chi connectivity index (χ3n) is 4.38. The number of carboxylic acid groups (broad SMARTS) is 1. The van der Waals surface area contributed by atoms with E-state index >= 15 is 0 Å². The van der Waals surface area contributed by atoms with Crippen LogP contribution < -0.4 is 5.32 Å². The smallest absolute Gasteiger partial charge is 0.329 e. The van der Waals surface area contributed by atoms with E-state index in [4.69, 9.17) is 5.11 Å². The minimum atomic E-state index is -0.968. The Morgan fingerprint density at radius 1 is 1.22 bits per heavy atom. The number of hydrogen-bond donors (Lipinski definition) is 2. The van der Waals surface area contributed by atoms with Crippen LogP contribution in [-0.2, 0) is 4.79 Å². The summed E-state index contributed by atoms with van der Waals surface area (Å²) >= 11 is 0. The molecule has 2 heterocycles. The Kier molecular flexibility index (Phi) is 2.69. The fraction of sp³-hybridized carbons (Fsp3) is 0.833. The molecule has 0 bridgehead atoms. The molecule has 2 aliphatic heterocycles. The lowest BCUT2D eigenvalue weighted by molar-refractivity contribution is -0.140. The van der Waals surface area contributed by atoms with Crippen LogP contribution in [0.3, 0.4) is 0 Å². The summed E-state index contributed by atoms with van der Waals surface area (Å²) in [7, 11) is 0. The Hall–Kier alpha value is -1.30. The molecule has 6 nitrogen and oxygen atoms in total. The molecule has 3 rings (SSSR count). The highest BCUT2D eigenvalue weighted by Gasteiger charge is 2.52. The van der Waals surface area contributed by atoms with Crippen LogP contribution in [0.5, 0.6) is 0 Å². The Morgan fingerprint density at radius 3 is 2.67 bits per heavy atom. The van der Waals surface area contributed by atoms with Crippen LogP contribution in [0.2, 0.25) is 0 Å². The van der Waals surface area contributed by atoms with Gasteiger partial charge in [0, 0.05) is 25.7 Å². The average molecular weight is 253 g/mol. The summed E-state index contributed by atoms with van der Waals surface area (Å²) in [6.07, 6.45) is 3.46. The normalized spacial score (nSPS) is 29.8. The predicted octanol–water partition coefficient (Wildman–Crippen LogP) is 0.0932. The second kappa shape index (κ2) is 4.12. The van der Waals surface area contributed by atoms with Crippen molar-refractivity contribution in [3.8, 4) is 0 Å². The zero-order chi connectivity index (χ0) is 12.8. The zero-order valence-corrected chi connectivity index (χ0v) is 10.4. The fourth-order valence-corrected chi connectivity index (χ4v) is 2.98. The van der Waals surface area contributed by atoms with Crippen LogP contribution in [0, 0.1) is 0 Å². The molecule has 18 heavy (non-hydrogen) atoms. The molecule has 1 unspecified atom stereocenters. The maximum atomic E-state index is 12.1.